The summed E-state index contributed by atoms with van der Waals surface area (Å²) in [5.74, 6) is 0.364. The van der Waals surface area contributed by atoms with Crippen LogP contribution in [-0.2, 0) is 22.6 Å². The maximum atomic E-state index is 11.2. The van der Waals surface area contributed by atoms with E-state index in [4.69, 9.17) is 0 Å². The smallest absolute Gasteiger partial charge is 0.327 e. The van der Waals surface area contributed by atoms with Crippen molar-refractivity contribution in [3.05, 3.63) is 11.9 Å². The van der Waals surface area contributed by atoms with Gasteiger partial charge in [0.05, 0.1) is 19.9 Å². The van der Waals surface area contributed by atoms with E-state index >= 15 is 0 Å². The monoisotopic (exact) mass is 338 g/mol. The highest BCUT2D eigenvalue weighted by Gasteiger charge is 2.13. The summed E-state index contributed by atoms with van der Waals surface area (Å²) in [6, 6.07) is 0.324. The lowest BCUT2D eigenvalue weighted by Crippen LogP contribution is -2.42. The van der Waals surface area contributed by atoms with Crippen molar-refractivity contribution in [2.75, 3.05) is 14.2 Å². The maximum Gasteiger partial charge on any atom is 0.327 e. The fourth-order valence-corrected chi connectivity index (χ4v) is 2.02. The molecule has 0 saturated carbocycles. The number of esters is 1. The first kappa shape index (κ1) is 19.9. The summed E-state index contributed by atoms with van der Waals surface area (Å²) in [7, 11) is 3.08. The number of carbonyl (C=O) groups excluding carboxylic acids is 1. The first-order valence-corrected chi connectivity index (χ1v) is 8.16. The van der Waals surface area contributed by atoms with Crippen LogP contribution in [0.2, 0.25) is 0 Å². The number of aromatic nitrogens is 3. The molecule has 0 aliphatic carbocycles. The fourth-order valence-electron chi connectivity index (χ4n) is 2.02. The Hall–Kier alpha value is -2.12. The Morgan fingerprint density at radius 1 is 1.46 bits per heavy atom. The summed E-state index contributed by atoms with van der Waals surface area (Å²) in [6.07, 6.45) is 3.92. The van der Waals surface area contributed by atoms with E-state index in [9.17, 15) is 4.79 Å². The lowest BCUT2D eigenvalue weighted by Gasteiger charge is -2.22. The fraction of sp³-hybridized carbons (Fsp3) is 0.750. The third-order valence-corrected chi connectivity index (χ3v) is 3.48. The van der Waals surface area contributed by atoms with Gasteiger partial charge in [0.2, 0.25) is 0 Å². The predicted molar refractivity (Wildman–Crippen MR) is 93.5 cm³/mol. The van der Waals surface area contributed by atoms with Crippen molar-refractivity contribution in [3.63, 3.8) is 0 Å². The van der Waals surface area contributed by atoms with Crippen molar-refractivity contribution < 1.29 is 9.53 Å². The first-order chi connectivity index (χ1) is 11.2. The standard InChI is InChI=1S/C16H30N6O2/c1-12(7-8-16(2,3)4)19-15(17-5)18-9-13-10-22(21-20-13)11-14(23)24-6/h10,12H,7-9,11H2,1-6H3,(H2,17,18,19). The second-order valence-corrected chi connectivity index (χ2v) is 7.05. The Morgan fingerprint density at radius 2 is 2.17 bits per heavy atom. The van der Waals surface area contributed by atoms with Crippen molar-refractivity contribution in [2.45, 2.75) is 59.7 Å². The van der Waals surface area contributed by atoms with Crippen LogP contribution in [0.15, 0.2) is 11.2 Å². The number of ether oxygens (including phenoxy) is 1. The third-order valence-electron chi connectivity index (χ3n) is 3.48. The minimum atomic E-state index is -0.357. The molecule has 0 aromatic carbocycles. The molecular formula is C16H30N6O2. The SMILES string of the molecule is CN=C(NCc1cn(CC(=O)OC)nn1)NC(C)CCC(C)(C)C. The topological polar surface area (TPSA) is 93.4 Å². The highest BCUT2D eigenvalue weighted by Crippen LogP contribution is 2.21. The minimum absolute atomic E-state index is 0.0559. The molecule has 0 aliphatic heterocycles. The quantitative estimate of drug-likeness (QED) is 0.443. The zero-order chi connectivity index (χ0) is 18.2. The summed E-state index contributed by atoms with van der Waals surface area (Å²) < 4.78 is 6.05. The Balaban J connectivity index is 2.42. The zero-order valence-electron chi connectivity index (χ0n) is 15.6. The molecule has 24 heavy (non-hydrogen) atoms. The summed E-state index contributed by atoms with van der Waals surface area (Å²) in [5, 5.41) is 14.5. The van der Waals surface area contributed by atoms with Gasteiger partial charge in [-0.25, -0.2) is 4.68 Å². The van der Waals surface area contributed by atoms with Crippen molar-refractivity contribution in [3.8, 4) is 0 Å². The molecule has 8 heteroatoms. The largest absolute Gasteiger partial charge is 0.468 e. The minimum Gasteiger partial charge on any atom is -0.468 e. The average molecular weight is 338 g/mol. The van der Waals surface area contributed by atoms with Crippen LogP contribution in [-0.4, -0.2) is 47.1 Å². The van der Waals surface area contributed by atoms with Crippen LogP contribution in [0.25, 0.3) is 0 Å². The number of methoxy groups -OCH3 is 1. The number of aliphatic imine (C=N–C) groups is 1. The number of rotatable bonds is 7. The molecule has 8 nitrogen and oxygen atoms in total. The van der Waals surface area contributed by atoms with Gasteiger partial charge in [0.1, 0.15) is 12.2 Å². The van der Waals surface area contributed by atoms with Gasteiger partial charge in [-0.05, 0) is 25.2 Å². The summed E-state index contributed by atoms with van der Waals surface area (Å²) in [5.41, 5.74) is 1.05. The van der Waals surface area contributed by atoms with E-state index in [1.54, 1.807) is 13.2 Å². The Morgan fingerprint density at radius 3 is 2.75 bits per heavy atom. The molecule has 1 aromatic heterocycles. The molecule has 0 spiro atoms. The second-order valence-electron chi connectivity index (χ2n) is 7.05. The van der Waals surface area contributed by atoms with Crippen LogP contribution in [0.1, 0.15) is 46.2 Å². The van der Waals surface area contributed by atoms with Crippen LogP contribution >= 0.6 is 0 Å². The molecule has 1 aromatic rings. The summed E-state index contributed by atoms with van der Waals surface area (Å²) >= 11 is 0. The van der Waals surface area contributed by atoms with Crippen molar-refractivity contribution in [1.29, 1.82) is 0 Å². The third kappa shape index (κ3) is 7.94. The van der Waals surface area contributed by atoms with Gasteiger partial charge in [0, 0.05) is 13.1 Å². The van der Waals surface area contributed by atoms with E-state index in [2.05, 4.69) is 58.4 Å². The van der Waals surface area contributed by atoms with Gasteiger partial charge in [-0.3, -0.25) is 9.79 Å². The highest BCUT2D eigenvalue weighted by atomic mass is 16.5. The zero-order valence-corrected chi connectivity index (χ0v) is 15.6. The molecule has 1 heterocycles. The number of nitrogens with one attached hydrogen (secondary N) is 2. The van der Waals surface area contributed by atoms with Gasteiger partial charge in [-0.15, -0.1) is 5.10 Å². The molecule has 1 rings (SSSR count). The molecule has 0 fully saturated rings. The van der Waals surface area contributed by atoms with E-state index < -0.39 is 0 Å². The Kier molecular flexibility index (Phi) is 7.67. The molecule has 0 amide bonds. The van der Waals surface area contributed by atoms with E-state index in [0.717, 1.165) is 24.5 Å². The second kappa shape index (κ2) is 9.24. The predicted octanol–water partition coefficient (Wildman–Crippen LogP) is 1.33. The van der Waals surface area contributed by atoms with Gasteiger partial charge in [0.15, 0.2) is 5.96 Å². The van der Waals surface area contributed by atoms with Crippen molar-refractivity contribution >= 4 is 11.9 Å². The van der Waals surface area contributed by atoms with Crippen LogP contribution in [0.3, 0.4) is 0 Å². The van der Waals surface area contributed by atoms with Gasteiger partial charge >= 0.3 is 5.97 Å². The van der Waals surface area contributed by atoms with E-state index in [-0.39, 0.29) is 12.5 Å². The molecule has 0 saturated heterocycles. The maximum absolute atomic E-state index is 11.2. The number of carbonyl (C=O) groups is 1. The van der Waals surface area contributed by atoms with Crippen LogP contribution in [0.4, 0.5) is 0 Å². The molecule has 1 unspecified atom stereocenters. The summed E-state index contributed by atoms with van der Waals surface area (Å²) in [6.45, 7) is 9.40. The molecule has 136 valence electrons. The van der Waals surface area contributed by atoms with Gasteiger partial charge in [0.25, 0.3) is 0 Å². The molecule has 0 aliphatic rings. The van der Waals surface area contributed by atoms with Gasteiger partial charge in [-0.1, -0.05) is 26.0 Å². The number of nitrogens with zero attached hydrogens (tertiary/aromatic N) is 4. The van der Waals surface area contributed by atoms with Gasteiger partial charge in [-0.2, -0.15) is 0 Å². The Bertz CT molecular complexity index is 547. The molecule has 0 bridgehead atoms. The lowest BCUT2D eigenvalue weighted by atomic mass is 9.89. The van der Waals surface area contributed by atoms with Gasteiger partial charge < -0.3 is 15.4 Å². The lowest BCUT2D eigenvalue weighted by molar-refractivity contribution is -0.141. The van der Waals surface area contributed by atoms with Crippen molar-refractivity contribution in [1.82, 2.24) is 25.6 Å². The Labute approximate surface area is 144 Å². The van der Waals surface area contributed by atoms with Crippen LogP contribution in [0, 0.1) is 5.41 Å². The number of guanidine groups is 1. The van der Waals surface area contributed by atoms with Crippen LogP contribution in [0.5, 0.6) is 0 Å². The molecule has 0 radical (unpaired) electrons. The average Bonchev–Trinajstić information content (AvgIpc) is 2.95. The summed E-state index contributed by atoms with van der Waals surface area (Å²) in [4.78, 5) is 15.4. The first-order valence-electron chi connectivity index (χ1n) is 8.16. The van der Waals surface area contributed by atoms with E-state index in [1.165, 1.54) is 11.8 Å². The molecule has 2 N–H and O–H groups in total. The normalized spacial score (nSPS) is 13.5. The molecular weight excluding hydrogens is 308 g/mol. The molecule has 1 atom stereocenters. The van der Waals surface area contributed by atoms with E-state index in [0.29, 0.717) is 18.0 Å². The highest BCUT2D eigenvalue weighted by molar-refractivity contribution is 5.79. The number of hydrogen-bond donors (Lipinski definition) is 2. The van der Waals surface area contributed by atoms with Crippen molar-refractivity contribution in [2.24, 2.45) is 10.4 Å². The van der Waals surface area contributed by atoms with E-state index in [1.807, 2.05) is 0 Å². The van der Waals surface area contributed by atoms with Crippen LogP contribution < -0.4 is 10.6 Å². The number of hydrogen-bond acceptors (Lipinski definition) is 5.